The number of rotatable bonds is 2. The molecule has 0 spiro atoms. The van der Waals surface area contributed by atoms with Gasteiger partial charge in [0.15, 0.2) is 0 Å². The Balaban J connectivity index is 2.01. The highest BCUT2D eigenvalue weighted by atomic mass is 16.2. The van der Waals surface area contributed by atoms with Crippen molar-refractivity contribution < 1.29 is 4.79 Å². The van der Waals surface area contributed by atoms with Crippen LogP contribution in [0.25, 0.3) is 0 Å². The molecule has 2 fully saturated rings. The second kappa shape index (κ2) is 5.83. The van der Waals surface area contributed by atoms with E-state index in [1.54, 1.807) is 0 Å². The Labute approximate surface area is 104 Å². The third-order valence-corrected chi connectivity index (χ3v) is 4.34. The lowest BCUT2D eigenvalue weighted by molar-refractivity contribution is -0.130. The van der Waals surface area contributed by atoms with Crippen molar-refractivity contribution in [2.24, 2.45) is 11.7 Å². The van der Waals surface area contributed by atoms with Crippen LogP contribution in [-0.2, 0) is 4.79 Å². The van der Waals surface area contributed by atoms with Crippen LogP contribution in [0.1, 0.15) is 32.1 Å². The summed E-state index contributed by atoms with van der Waals surface area (Å²) in [5.41, 5.74) is 5.88. The summed E-state index contributed by atoms with van der Waals surface area (Å²) in [5.74, 6) is 0.865. The van der Waals surface area contributed by atoms with Crippen molar-refractivity contribution in [1.82, 2.24) is 9.80 Å². The van der Waals surface area contributed by atoms with E-state index in [2.05, 4.69) is 4.90 Å². The highest BCUT2D eigenvalue weighted by Gasteiger charge is 2.31. The quantitative estimate of drug-likeness (QED) is 0.770. The van der Waals surface area contributed by atoms with Gasteiger partial charge < -0.3 is 10.6 Å². The van der Waals surface area contributed by atoms with Crippen molar-refractivity contribution in [3.63, 3.8) is 0 Å². The molecule has 98 valence electrons. The molecule has 1 aliphatic carbocycles. The lowest BCUT2D eigenvalue weighted by Crippen LogP contribution is -2.47. The minimum Gasteiger partial charge on any atom is -0.345 e. The van der Waals surface area contributed by atoms with Crippen LogP contribution in [0.15, 0.2) is 0 Å². The molecule has 0 bridgehead atoms. The third kappa shape index (κ3) is 2.99. The van der Waals surface area contributed by atoms with Gasteiger partial charge in [0.1, 0.15) is 0 Å². The van der Waals surface area contributed by atoms with Crippen molar-refractivity contribution >= 4 is 5.91 Å². The van der Waals surface area contributed by atoms with Crippen LogP contribution in [0, 0.1) is 5.92 Å². The summed E-state index contributed by atoms with van der Waals surface area (Å²) in [7, 11) is 1.91. The van der Waals surface area contributed by atoms with Gasteiger partial charge in [-0.25, -0.2) is 0 Å². The molecule has 2 N–H and O–H groups in total. The number of carbonyl (C=O) groups is 1. The molecule has 1 saturated heterocycles. The van der Waals surface area contributed by atoms with Gasteiger partial charge >= 0.3 is 0 Å². The van der Waals surface area contributed by atoms with Crippen LogP contribution in [0.5, 0.6) is 0 Å². The SMILES string of the molecule is CN1CCCN(C2CCCCC2CN)CC1=O. The van der Waals surface area contributed by atoms with E-state index in [9.17, 15) is 4.79 Å². The summed E-state index contributed by atoms with van der Waals surface area (Å²) >= 11 is 0. The van der Waals surface area contributed by atoms with Crippen molar-refractivity contribution in [2.45, 2.75) is 38.1 Å². The standard InChI is InChI=1S/C13H25N3O/c1-15-7-4-8-16(10-13(15)17)12-6-3-2-5-11(12)9-14/h11-12H,2-10,14H2,1H3. The van der Waals surface area contributed by atoms with E-state index in [0.29, 0.717) is 18.5 Å². The topological polar surface area (TPSA) is 49.6 Å². The Hall–Kier alpha value is -0.610. The first kappa shape index (κ1) is 12.8. The van der Waals surface area contributed by atoms with Gasteiger partial charge in [-0.3, -0.25) is 9.69 Å². The van der Waals surface area contributed by atoms with Gasteiger partial charge in [0.2, 0.25) is 5.91 Å². The van der Waals surface area contributed by atoms with E-state index in [4.69, 9.17) is 5.73 Å². The molecule has 2 atom stereocenters. The zero-order valence-corrected chi connectivity index (χ0v) is 10.9. The average Bonchev–Trinajstić information content (AvgIpc) is 2.52. The van der Waals surface area contributed by atoms with Gasteiger partial charge in [0.05, 0.1) is 6.54 Å². The monoisotopic (exact) mass is 239 g/mol. The molecule has 1 saturated carbocycles. The second-order valence-corrected chi connectivity index (χ2v) is 5.49. The molecular formula is C13H25N3O. The molecular weight excluding hydrogens is 214 g/mol. The molecule has 4 nitrogen and oxygen atoms in total. The van der Waals surface area contributed by atoms with Crippen molar-refractivity contribution in [3.8, 4) is 0 Å². The second-order valence-electron chi connectivity index (χ2n) is 5.49. The maximum absolute atomic E-state index is 11.9. The van der Waals surface area contributed by atoms with Gasteiger partial charge in [-0.1, -0.05) is 12.8 Å². The number of hydrogen-bond donors (Lipinski definition) is 1. The summed E-state index contributed by atoms with van der Waals surface area (Å²) in [6, 6.07) is 0.546. The lowest BCUT2D eigenvalue weighted by atomic mass is 9.83. The fourth-order valence-electron chi connectivity index (χ4n) is 3.24. The summed E-state index contributed by atoms with van der Waals surface area (Å²) in [5, 5.41) is 0. The first-order valence-electron chi connectivity index (χ1n) is 6.90. The van der Waals surface area contributed by atoms with Gasteiger partial charge in [0.25, 0.3) is 0 Å². The molecule has 1 amide bonds. The number of nitrogens with zero attached hydrogens (tertiary/aromatic N) is 2. The average molecular weight is 239 g/mol. The van der Waals surface area contributed by atoms with Gasteiger partial charge in [0, 0.05) is 26.2 Å². The molecule has 0 aromatic rings. The normalized spacial score (nSPS) is 32.6. The zero-order valence-electron chi connectivity index (χ0n) is 10.9. The van der Waals surface area contributed by atoms with Crippen molar-refractivity contribution in [3.05, 3.63) is 0 Å². The fraction of sp³-hybridized carbons (Fsp3) is 0.923. The minimum atomic E-state index is 0.267. The summed E-state index contributed by atoms with van der Waals surface area (Å²) in [4.78, 5) is 16.2. The van der Waals surface area contributed by atoms with Crippen LogP contribution in [0.3, 0.4) is 0 Å². The van der Waals surface area contributed by atoms with E-state index in [1.165, 1.54) is 25.7 Å². The molecule has 2 rings (SSSR count). The zero-order chi connectivity index (χ0) is 12.3. The van der Waals surface area contributed by atoms with Crippen LogP contribution < -0.4 is 5.73 Å². The molecule has 2 unspecified atom stereocenters. The smallest absolute Gasteiger partial charge is 0.236 e. The Morgan fingerprint density at radius 2 is 2.00 bits per heavy atom. The van der Waals surface area contributed by atoms with E-state index in [-0.39, 0.29) is 5.91 Å². The fourth-order valence-corrected chi connectivity index (χ4v) is 3.24. The third-order valence-electron chi connectivity index (χ3n) is 4.34. The molecule has 2 aliphatic rings. The molecule has 0 aromatic carbocycles. The molecule has 1 aliphatic heterocycles. The predicted molar refractivity (Wildman–Crippen MR) is 68.6 cm³/mol. The predicted octanol–water partition coefficient (Wildman–Crippen LogP) is 0.668. The highest BCUT2D eigenvalue weighted by Crippen LogP contribution is 2.28. The summed E-state index contributed by atoms with van der Waals surface area (Å²) < 4.78 is 0. The molecule has 0 radical (unpaired) electrons. The largest absolute Gasteiger partial charge is 0.345 e. The van der Waals surface area contributed by atoms with E-state index >= 15 is 0 Å². The van der Waals surface area contributed by atoms with Crippen molar-refractivity contribution in [1.29, 1.82) is 0 Å². The Kier molecular flexibility index (Phi) is 4.40. The first-order valence-corrected chi connectivity index (χ1v) is 6.90. The minimum absolute atomic E-state index is 0.267. The number of amides is 1. The molecule has 1 heterocycles. The van der Waals surface area contributed by atoms with E-state index in [1.807, 2.05) is 11.9 Å². The summed E-state index contributed by atoms with van der Waals surface area (Å²) in [6.45, 7) is 3.31. The number of nitrogens with two attached hydrogens (primary N) is 1. The maximum atomic E-state index is 11.9. The summed E-state index contributed by atoms with van der Waals surface area (Å²) in [6.07, 6.45) is 6.15. The first-order chi connectivity index (χ1) is 8.22. The van der Waals surface area contributed by atoms with Gasteiger partial charge in [-0.05, 0) is 31.7 Å². The Bertz CT molecular complexity index is 269. The highest BCUT2D eigenvalue weighted by molar-refractivity contribution is 5.78. The van der Waals surface area contributed by atoms with Crippen LogP contribution >= 0.6 is 0 Å². The number of carbonyl (C=O) groups excluding carboxylic acids is 1. The lowest BCUT2D eigenvalue weighted by Gasteiger charge is -2.38. The molecule has 4 heteroatoms. The Morgan fingerprint density at radius 1 is 1.24 bits per heavy atom. The van der Waals surface area contributed by atoms with Crippen LogP contribution in [0.4, 0.5) is 0 Å². The van der Waals surface area contributed by atoms with Gasteiger partial charge in [-0.15, -0.1) is 0 Å². The maximum Gasteiger partial charge on any atom is 0.236 e. The van der Waals surface area contributed by atoms with Crippen LogP contribution in [-0.4, -0.2) is 55.0 Å². The molecule has 0 aromatic heterocycles. The van der Waals surface area contributed by atoms with E-state index in [0.717, 1.165) is 26.1 Å². The number of likely N-dealkylation sites (N-methyl/N-ethyl adjacent to an activating group) is 1. The van der Waals surface area contributed by atoms with E-state index < -0.39 is 0 Å². The Morgan fingerprint density at radius 3 is 2.76 bits per heavy atom. The molecule has 17 heavy (non-hydrogen) atoms. The van der Waals surface area contributed by atoms with Crippen molar-refractivity contribution in [2.75, 3.05) is 33.2 Å². The number of hydrogen-bond acceptors (Lipinski definition) is 3. The van der Waals surface area contributed by atoms with Crippen LogP contribution in [0.2, 0.25) is 0 Å². The van der Waals surface area contributed by atoms with Gasteiger partial charge in [-0.2, -0.15) is 0 Å².